The molecule has 0 fully saturated rings. The Balaban J connectivity index is 2.56. The Morgan fingerprint density at radius 3 is 2.36 bits per heavy atom. The number of rotatable bonds is 6. The Kier molecular flexibility index (Phi) is 6.68. The lowest BCUT2D eigenvalue weighted by Gasteiger charge is -2.18. The van der Waals surface area contributed by atoms with Crippen LogP contribution >= 0.6 is 0 Å². The largest absolute Gasteiger partial charge is 0.464 e. The van der Waals surface area contributed by atoms with Crippen molar-refractivity contribution in [2.45, 2.75) is 32.2 Å². The van der Waals surface area contributed by atoms with Crippen LogP contribution in [0, 0.1) is 0 Å². The summed E-state index contributed by atoms with van der Waals surface area (Å²) >= 11 is 0. The summed E-state index contributed by atoms with van der Waals surface area (Å²) in [6.07, 6.45) is -7.26. The van der Waals surface area contributed by atoms with Crippen molar-refractivity contribution in [2.24, 2.45) is 0 Å². The number of carbonyl (C=O) groups excluding carboxylic acids is 2. The van der Waals surface area contributed by atoms with E-state index in [0.717, 1.165) is 0 Å². The third-order valence-corrected chi connectivity index (χ3v) is 2.51. The molecule has 0 spiro atoms. The van der Waals surface area contributed by atoms with E-state index in [2.05, 4.69) is 4.74 Å². The highest BCUT2D eigenvalue weighted by atomic mass is 19.4. The van der Waals surface area contributed by atoms with Gasteiger partial charge < -0.3 is 14.8 Å². The molecule has 8 heteroatoms. The summed E-state index contributed by atoms with van der Waals surface area (Å²) in [7, 11) is 0. The van der Waals surface area contributed by atoms with Gasteiger partial charge in [0.2, 0.25) is 0 Å². The van der Waals surface area contributed by atoms with E-state index in [1.165, 1.54) is 6.92 Å². The molecule has 1 unspecified atom stereocenters. The first-order valence-electron chi connectivity index (χ1n) is 6.52. The SMILES string of the molecule is CCOC(=O)C(CC(F)(F)F)NC(=O)OCc1ccccc1. The van der Waals surface area contributed by atoms with Gasteiger partial charge in [0.05, 0.1) is 13.0 Å². The molecule has 0 aliphatic rings. The number of benzene rings is 1. The maximum absolute atomic E-state index is 12.4. The molecule has 0 aliphatic carbocycles. The van der Waals surface area contributed by atoms with Gasteiger partial charge in [0.1, 0.15) is 12.6 Å². The average Bonchev–Trinajstić information content (AvgIpc) is 2.44. The van der Waals surface area contributed by atoms with E-state index in [1.54, 1.807) is 30.3 Å². The summed E-state index contributed by atoms with van der Waals surface area (Å²) in [5.74, 6) is -1.16. The van der Waals surface area contributed by atoms with Crippen molar-refractivity contribution in [3.05, 3.63) is 35.9 Å². The molecular weight excluding hydrogens is 303 g/mol. The molecule has 0 radical (unpaired) electrons. The fourth-order valence-corrected chi connectivity index (χ4v) is 1.57. The lowest BCUT2D eigenvalue weighted by molar-refractivity contribution is -0.161. The maximum atomic E-state index is 12.4. The second kappa shape index (κ2) is 8.26. The number of alkyl carbamates (subject to hydrolysis) is 1. The molecule has 0 bridgehead atoms. The highest BCUT2D eigenvalue weighted by Crippen LogP contribution is 2.22. The van der Waals surface area contributed by atoms with Crippen molar-refractivity contribution in [1.29, 1.82) is 0 Å². The zero-order valence-electron chi connectivity index (χ0n) is 11.9. The molecule has 5 nitrogen and oxygen atoms in total. The maximum Gasteiger partial charge on any atom is 0.408 e. The third-order valence-electron chi connectivity index (χ3n) is 2.51. The number of ether oxygens (including phenoxy) is 2. The van der Waals surface area contributed by atoms with Crippen molar-refractivity contribution < 1.29 is 32.2 Å². The fraction of sp³-hybridized carbons (Fsp3) is 0.429. The van der Waals surface area contributed by atoms with Gasteiger partial charge in [-0.2, -0.15) is 13.2 Å². The minimum absolute atomic E-state index is 0.0894. The van der Waals surface area contributed by atoms with Gasteiger partial charge in [-0.25, -0.2) is 9.59 Å². The van der Waals surface area contributed by atoms with Crippen LogP contribution in [0.25, 0.3) is 0 Å². The molecule has 0 heterocycles. The van der Waals surface area contributed by atoms with Crippen LogP contribution in [0.15, 0.2) is 30.3 Å². The number of nitrogens with one attached hydrogen (secondary N) is 1. The molecule has 122 valence electrons. The first kappa shape index (κ1) is 17.8. The summed E-state index contributed by atoms with van der Waals surface area (Å²) in [6, 6.07) is 6.76. The predicted molar refractivity (Wildman–Crippen MR) is 70.9 cm³/mol. The van der Waals surface area contributed by atoms with Crippen LogP contribution in [-0.2, 0) is 20.9 Å². The smallest absolute Gasteiger partial charge is 0.408 e. The van der Waals surface area contributed by atoms with Crippen LogP contribution in [0.5, 0.6) is 0 Å². The van der Waals surface area contributed by atoms with Gasteiger partial charge in [-0.15, -0.1) is 0 Å². The van der Waals surface area contributed by atoms with Crippen LogP contribution in [0.4, 0.5) is 18.0 Å². The highest BCUT2D eigenvalue weighted by molar-refractivity contribution is 5.81. The highest BCUT2D eigenvalue weighted by Gasteiger charge is 2.37. The van der Waals surface area contributed by atoms with Gasteiger partial charge in [0, 0.05) is 0 Å². The van der Waals surface area contributed by atoms with Gasteiger partial charge in [0.15, 0.2) is 0 Å². The molecular formula is C14H16F3NO4. The minimum atomic E-state index is -4.62. The van der Waals surface area contributed by atoms with E-state index in [4.69, 9.17) is 4.74 Å². The van der Waals surface area contributed by atoms with Crippen LogP contribution in [0.3, 0.4) is 0 Å². The summed E-state index contributed by atoms with van der Waals surface area (Å²) < 4.78 is 46.5. The van der Waals surface area contributed by atoms with Gasteiger partial charge in [-0.1, -0.05) is 30.3 Å². The Hall–Kier alpha value is -2.25. The first-order valence-corrected chi connectivity index (χ1v) is 6.52. The molecule has 0 saturated carbocycles. The molecule has 1 aromatic carbocycles. The molecule has 0 aliphatic heterocycles. The molecule has 0 aromatic heterocycles. The Bertz CT molecular complexity index is 491. The standard InChI is InChI=1S/C14H16F3NO4/c1-2-21-12(19)11(8-14(15,16)17)18-13(20)22-9-10-6-4-3-5-7-10/h3-7,11H,2,8-9H2,1H3,(H,18,20). The van der Waals surface area contributed by atoms with Crippen molar-refractivity contribution in [3.63, 3.8) is 0 Å². The van der Waals surface area contributed by atoms with Crippen molar-refractivity contribution in [2.75, 3.05) is 6.61 Å². The van der Waals surface area contributed by atoms with Gasteiger partial charge >= 0.3 is 18.2 Å². The van der Waals surface area contributed by atoms with E-state index in [9.17, 15) is 22.8 Å². The molecule has 1 amide bonds. The molecule has 1 rings (SSSR count). The summed E-state index contributed by atoms with van der Waals surface area (Å²) in [5.41, 5.74) is 0.668. The molecule has 1 atom stereocenters. The van der Waals surface area contributed by atoms with Gasteiger partial charge in [-0.3, -0.25) is 0 Å². The number of esters is 1. The van der Waals surface area contributed by atoms with Crippen LogP contribution < -0.4 is 5.32 Å². The lowest BCUT2D eigenvalue weighted by atomic mass is 10.2. The third kappa shape index (κ3) is 6.96. The molecule has 1 N–H and O–H groups in total. The summed E-state index contributed by atoms with van der Waals surface area (Å²) in [4.78, 5) is 23.0. The van der Waals surface area contributed by atoms with Crippen molar-refractivity contribution >= 4 is 12.1 Å². The summed E-state index contributed by atoms with van der Waals surface area (Å²) in [5, 5.41) is 1.87. The van der Waals surface area contributed by atoms with E-state index in [0.29, 0.717) is 5.56 Å². The van der Waals surface area contributed by atoms with Crippen molar-refractivity contribution in [1.82, 2.24) is 5.32 Å². The zero-order valence-corrected chi connectivity index (χ0v) is 11.9. The topological polar surface area (TPSA) is 64.6 Å². The Labute approximate surface area is 125 Å². The van der Waals surface area contributed by atoms with Crippen LogP contribution in [0.2, 0.25) is 0 Å². The quantitative estimate of drug-likeness (QED) is 0.819. The molecule has 0 saturated heterocycles. The molecule has 22 heavy (non-hydrogen) atoms. The Morgan fingerprint density at radius 2 is 1.82 bits per heavy atom. The first-order chi connectivity index (χ1) is 10.3. The zero-order chi connectivity index (χ0) is 16.6. The number of halogens is 3. The Morgan fingerprint density at radius 1 is 1.18 bits per heavy atom. The number of amides is 1. The number of alkyl halides is 3. The number of carbonyl (C=O) groups is 2. The van der Waals surface area contributed by atoms with Crippen molar-refractivity contribution in [3.8, 4) is 0 Å². The van der Waals surface area contributed by atoms with E-state index in [1.807, 2.05) is 5.32 Å². The second-order valence-corrected chi connectivity index (χ2v) is 4.33. The number of hydrogen-bond donors (Lipinski definition) is 1. The average molecular weight is 319 g/mol. The van der Waals surface area contributed by atoms with E-state index in [-0.39, 0.29) is 13.2 Å². The fourth-order valence-electron chi connectivity index (χ4n) is 1.57. The van der Waals surface area contributed by atoms with Crippen LogP contribution in [0.1, 0.15) is 18.9 Å². The van der Waals surface area contributed by atoms with E-state index < -0.39 is 30.7 Å². The monoisotopic (exact) mass is 319 g/mol. The summed E-state index contributed by atoms with van der Waals surface area (Å²) in [6.45, 7) is 1.25. The van der Waals surface area contributed by atoms with E-state index >= 15 is 0 Å². The van der Waals surface area contributed by atoms with Crippen LogP contribution in [-0.4, -0.2) is 30.9 Å². The molecule has 1 aromatic rings. The van der Waals surface area contributed by atoms with Gasteiger partial charge in [-0.05, 0) is 12.5 Å². The number of hydrogen-bond acceptors (Lipinski definition) is 4. The minimum Gasteiger partial charge on any atom is -0.464 e. The lowest BCUT2D eigenvalue weighted by Crippen LogP contribution is -2.44. The predicted octanol–water partition coefficient (Wildman–Crippen LogP) is 2.80. The second-order valence-electron chi connectivity index (χ2n) is 4.33. The normalized spacial score (nSPS) is 12.4. The van der Waals surface area contributed by atoms with Gasteiger partial charge in [0.25, 0.3) is 0 Å².